The lowest BCUT2D eigenvalue weighted by Crippen LogP contribution is -2.19. The molecule has 0 unspecified atom stereocenters. The fourth-order valence-corrected chi connectivity index (χ4v) is 6.96. The first-order valence-corrected chi connectivity index (χ1v) is 19.4. The minimum atomic E-state index is -0.909. The van der Waals surface area contributed by atoms with Gasteiger partial charge >= 0.3 is 5.97 Å². The lowest BCUT2D eigenvalue weighted by Gasteiger charge is -2.20. The Morgan fingerprint density at radius 2 is 0.983 bits per heavy atom. The first kappa shape index (κ1) is 41.2. The number of nitrogen functional groups attached to an aromatic ring is 1. The number of carboxylic acids is 1. The highest BCUT2D eigenvalue weighted by Crippen LogP contribution is 2.33. The highest BCUT2D eigenvalue weighted by Gasteiger charge is 2.21. The SMILES string of the molecule is CC(=O)Nc1ccc2c(c1)CCN2Cc1ccc(C(=O)Nc2ccccc2)cc1.CC(=O)Nc1ccc2c(c1)CCN2Cc1ccc(C(=O)O)cc1.Nc1ccccc1. The van der Waals surface area contributed by atoms with Crippen molar-refractivity contribution in [1.29, 1.82) is 0 Å². The lowest BCUT2D eigenvalue weighted by atomic mass is 10.1. The summed E-state index contributed by atoms with van der Waals surface area (Å²) < 4.78 is 0. The molecule has 0 atom stereocenters. The Labute approximate surface area is 344 Å². The predicted octanol–water partition coefficient (Wildman–Crippen LogP) is 8.63. The first-order chi connectivity index (χ1) is 28.5. The van der Waals surface area contributed by atoms with Gasteiger partial charge in [-0.2, -0.15) is 0 Å². The summed E-state index contributed by atoms with van der Waals surface area (Å²) in [6.07, 6.45) is 1.90. The van der Waals surface area contributed by atoms with Crippen LogP contribution in [0.3, 0.4) is 0 Å². The van der Waals surface area contributed by atoms with Gasteiger partial charge in [-0.25, -0.2) is 4.79 Å². The van der Waals surface area contributed by atoms with E-state index in [0.717, 1.165) is 72.9 Å². The van der Waals surface area contributed by atoms with Crippen LogP contribution in [-0.4, -0.2) is 41.9 Å². The number of amides is 3. The molecule has 8 rings (SSSR count). The molecule has 3 amide bonds. The van der Waals surface area contributed by atoms with E-state index in [4.69, 9.17) is 10.8 Å². The molecule has 11 nitrogen and oxygen atoms in total. The molecule has 11 heteroatoms. The summed E-state index contributed by atoms with van der Waals surface area (Å²) in [5, 5.41) is 17.5. The van der Waals surface area contributed by atoms with Gasteiger partial charge in [0.2, 0.25) is 11.8 Å². The molecule has 6 aromatic rings. The zero-order valence-electron chi connectivity index (χ0n) is 33.2. The summed E-state index contributed by atoms with van der Waals surface area (Å²) in [6, 6.07) is 45.7. The fourth-order valence-electron chi connectivity index (χ4n) is 6.96. The third-order valence-corrected chi connectivity index (χ3v) is 9.78. The highest BCUT2D eigenvalue weighted by atomic mass is 16.4. The van der Waals surface area contributed by atoms with Crippen molar-refractivity contribution in [3.05, 3.63) is 179 Å². The molecular weight excluding hydrogens is 741 g/mol. The first-order valence-electron chi connectivity index (χ1n) is 19.4. The van der Waals surface area contributed by atoms with Crippen molar-refractivity contribution in [1.82, 2.24) is 0 Å². The van der Waals surface area contributed by atoms with Crippen LogP contribution in [0.25, 0.3) is 0 Å². The number of rotatable bonds is 9. The number of carboxylic acid groups (broad SMARTS) is 1. The highest BCUT2D eigenvalue weighted by molar-refractivity contribution is 6.04. The Hall–Kier alpha value is -7.40. The van der Waals surface area contributed by atoms with Gasteiger partial charge in [0.1, 0.15) is 0 Å². The largest absolute Gasteiger partial charge is 0.478 e. The van der Waals surface area contributed by atoms with E-state index in [1.807, 2.05) is 127 Å². The number of aromatic carboxylic acids is 1. The number of fused-ring (bicyclic) bond motifs is 2. The normalized spacial score (nSPS) is 12.1. The number of nitrogens with two attached hydrogens (primary N) is 1. The van der Waals surface area contributed by atoms with Gasteiger partial charge in [0, 0.05) is 79.7 Å². The molecule has 0 bridgehead atoms. The van der Waals surface area contributed by atoms with Crippen LogP contribution < -0.4 is 31.5 Å². The Morgan fingerprint density at radius 1 is 0.542 bits per heavy atom. The lowest BCUT2D eigenvalue weighted by molar-refractivity contribution is -0.115. The molecule has 0 fully saturated rings. The molecule has 6 N–H and O–H groups in total. The average Bonchev–Trinajstić information content (AvgIpc) is 3.81. The zero-order valence-corrected chi connectivity index (χ0v) is 33.2. The smallest absolute Gasteiger partial charge is 0.335 e. The number of carbonyl (C=O) groups excluding carboxylic acids is 3. The number of hydrogen-bond donors (Lipinski definition) is 5. The monoisotopic (exact) mass is 788 g/mol. The number of benzene rings is 6. The number of para-hydroxylation sites is 2. The van der Waals surface area contributed by atoms with Crippen LogP contribution >= 0.6 is 0 Å². The molecule has 0 spiro atoms. The number of carbonyl (C=O) groups is 4. The minimum Gasteiger partial charge on any atom is -0.478 e. The van der Waals surface area contributed by atoms with Gasteiger partial charge in [-0.15, -0.1) is 0 Å². The van der Waals surface area contributed by atoms with E-state index in [1.165, 1.54) is 36.3 Å². The third kappa shape index (κ3) is 11.8. The van der Waals surface area contributed by atoms with Crippen molar-refractivity contribution < 1.29 is 24.3 Å². The Bertz CT molecular complexity index is 2390. The predicted molar refractivity (Wildman–Crippen MR) is 236 cm³/mol. The van der Waals surface area contributed by atoms with E-state index in [-0.39, 0.29) is 17.7 Å². The molecule has 0 saturated heterocycles. The molecule has 0 aliphatic carbocycles. The van der Waals surface area contributed by atoms with Gasteiger partial charge < -0.3 is 36.6 Å². The second kappa shape index (κ2) is 19.6. The molecule has 6 aromatic carbocycles. The van der Waals surface area contributed by atoms with Gasteiger partial charge in [0.25, 0.3) is 5.91 Å². The van der Waals surface area contributed by atoms with Crippen molar-refractivity contribution >= 4 is 57.8 Å². The molecule has 2 aliphatic rings. The van der Waals surface area contributed by atoms with E-state index in [2.05, 4.69) is 31.8 Å². The fraction of sp³-hybridized carbons (Fsp3) is 0.167. The van der Waals surface area contributed by atoms with Crippen LogP contribution in [0.5, 0.6) is 0 Å². The summed E-state index contributed by atoms with van der Waals surface area (Å²) >= 11 is 0. The maximum Gasteiger partial charge on any atom is 0.335 e. The van der Waals surface area contributed by atoms with Gasteiger partial charge in [0.15, 0.2) is 0 Å². The molecule has 2 heterocycles. The van der Waals surface area contributed by atoms with Crippen LogP contribution in [0.15, 0.2) is 146 Å². The van der Waals surface area contributed by atoms with Crippen LogP contribution in [0.4, 0.5) is 34.1 Å². The molecule has 59 heavy (non-hydrogen) atoms. The molecule has 300 valence electrons. The Kier molecular flexibility index (Phi) is 13.7. The second-order valence-corrected chi connectivity index (χ2v) is 14.3. The van der Waals surface area contributed by atoms with Gasteiger partial charge in [-0.3, -0.25) is 14.4 Å². The van der Waals surface area contributed by atoms with Crippen LogP contribution in [0.2, 0.25) is 0 Å². The third-order valence-electron chi connectivity index (χ3n) is 9.78. The number of nitrogens with one attached hydrogen (secondary N) is 3. The second-order valence-electron chi connectivity index (χ2n) is 14.3. The van der Waals surface area contributed by atoms with E-state index >= 15 is 0 Å². The quantitative estimate of drug-likeness (QED) is 0.0912. The standard InChI is InChI=1S/C24H23N3O2.C18H18N2O3.C6H7N/c1-17(28)25-22-11-12-23-20(15-22)13-14-27(23)16-18-7-9-19(10-8-18)24(29)26-21-5-3-2-4-6-21;1-12(21)19-16-6-7-17-15(10-16)8-9-20(17)11-13-2-4-14(5-3-13)18(22)23;7-6-4-2-1-3-5-6/h2-12,15H,13-14,16H2,1H3,(H,25,28)(H,26,29);2-7,10H,8-9,11H2,1H3,(H,19,21)(H,22,23);1-5H,7H2. The van der Waals surface area contributed by atoms with Gasteiger partial charge in [-0.1, -0.05) is 60.7 Å². The maximum atomic E-state index is 12.4. The summed E-state index contributed by atoms with van der Waals surface area (Å²) in [4.78, 5) is 50.2. The molecular formula is C48H48N6O5. The van der Waals surface area contributed by atoms with E-state index in [0.29, 0.717) is 11.1 Å². The van der Waals surface area contributed by atoms with Gasteiger partial charge in [0.05, 0.1) is 5.56 Å². The number of nitrogens with zero attached hydrogens (tertiary/aromatic N) is 2. The van der Waals surface area contributed by atoms with Crippen molar-refractivity contribution in [2.24, 2.45) is 0 Å². The average molecular weight is 789 g/mol. The summed E-state index contributed by atoms with van der Waals surface area (Å²) in [5.41, 5.74) is 16.6. The summed E-state index contributed by atoms with van der Waals surface area (Å²) in [5.74, 6) is -1.15. The van der Waals surface area contributed by atoms with Crippen LogP contribution in [-0.2, 0) is 35.5 Å². The topological polar surface area (TPSA) is 157 Å². The number of hydrogen-bond acceptors (Lipinski definition) is 7. The van der Waals surface area contributed by atoms with Gasteiger partial charge in [-0.05, 0) is 120 Å². The van der Waals surface area contributed by atoms with E-state index < -0.39 is 5.97 Å². The van der Waals surface area contributed by atoms with Crippen molar-refractivity contribution in [3.8, 4) is 0 Å². The summed E-state index contributed by atoms with van der Waals surface area (Å²) in [6.45, 7) is 6.40. The maximum absolute atomic E-state index is 12.4. The van der Waals surface area contributed by atoms with Crippen molar-refractivity contribution in [3.63, 3.8) is 0 Å². The van der Waals surface area contributed by atoms with Crippen LogP contribution in [0.1, 0.15) is 56.8 Å². The Balaban J connectivity index is 0.000000173. The van der Waals surface area contributed by atoms with Crippen molar-refractivity contribution in [2.75, 3.05) is 44.6 Å². The van der Waals surface area contributed by atoms with Crippen LogP contribution in [0, 0.1) is 0 Å². The molecule has 2 aliphatic heterocycles. The molecule has 0 radical (unpaired) electrons. The van der Waals surface area contributed by atoms with Crippen molar-refractivity contribution in [2.45, 2.75) is 39.8 Å². The number of anilines is 6. The minimum absolute atomic E-state index is 0.0591. The van der Waals surface area contributed by atoms with E-state index in [9.17, 15) is 19.2 Å². The summed E-state index contributed by atoms with van der Waals surface area (Å²) in [7, 11) is 0. The van der Waals surface area contributed by atoms with E-state index in [1.54, 1.807) is 12.1 Å². The molecule has 0 saturated carbocycles. The Morgan fingerprint density at radius 3 is 1.39 bits per heavy atom. The molecule has 0 aromatic heterocycles. The zero-order chi connectivity index (χ0) is 41.7.